The highest BCUT2D eigenvalue weighted by molar-refractivity contribution is 6.32. The van der Waals surface area contributed by atoms with E-state index < -0.39 is 0 Å². The van der Waals surface area contributed by atoms with Crippen LogP contribution in [0.2, 0.25) is 5.02 Å². The van der Waals surface area contributed by atoms with Crippen molar-refractivity contribution < 1.29 is 19.0 Å². The molecule has 0 saturated heterocycles. The summed E-state index contributed by atoms with van der Waals surface area (Å²) in [6, 6.07) is 4.79. The van der Waals surface area contributed by atoms with Gasteiger partial charge in [0.15, 0.2) is 0 Å². The van der Waals surface area contributed by atoms with Crippen LogP contribution in [0.3, 0.4) is 0 Å². The molecule has 2 amide bonds. The average molecular weight is 357 g/mol. The van der Waals surface area contributed by atoms with Crippen molar-refractivity contribution in [2.45, 2.75) is 51.5 Å². The van der Waals surface area contributed by atoms with Crippen LogP contribution < -0.4 is 15.4 Å². The quantitative estimate of drug-likeness (QED) is 0.785. The molecule has 1 aliphatic carbocycles. The maximum Gasteiger partial charge on any atom is 0.319 e. The lowest BCUT2D eigenvalue weighted by atomic mass is 9.85. The van der Waals surface area contributed by atoms with E-state index in [4.69, 9.17) is 25.8 Å². The number of anilines is 1. The van der Waals surface area contributed by atoms with Gasteiger partial charge in [-0.1, -0.05) is 11.6 Å². The number of hydrogen-bond acceptors (Lipinski definition) is 4. The number of hydrogen-bond donors (Lipinski definition) is 2. The van der Waals surface area contributed by atoms with Crippen LogP contribution in [0, 0.1) is 0 Å². The number of urea groups is 1. The average Bonchev–Trinajstić information content (AvgIpc) is 2.49. The first-order chi connectivity index (χ1) is 11.4. The lowest BCUT2D eigenvalue weighted by Crippen LogP contribution is -2.61. The Hall–Kier alpha value is -1.50. The van der Waals surface area contributed by atoms with Crippen molar-refractivity contribution in [3.63, 3.8) is 0 Å². The number of carbonyl (C=O) groups is 1. The molecule has 0 aromatic heterocycles. The fourth-order valence-electron chi connectivity index (χ4n) is 2.68. The standard InChI is InChI=1S/C17H25ClN2O4/c1-5-23-15-9-13(16(15)22-4)20-17(21)19-11-6-7-14(12(18)8-11)24-10(2)3/h6-8,10,13,15-16H,5,9H2,1-4H3,(H2,19,20,21)/t13-,15-,16+/m1/s1. The predicted octanol–water partition coefficient (Wildman–Crippen LogP) is 3.44. The van der Waals surface area contributed by atoms with Gasteiger partial charge in [-0.2, -0.15) is 0 Å². The Kier molecular flexibility index (Phi) is 6.71. The van der Waals surface area contributed by atoms with Crippen molar-refractivity contribution in [3.8, 4) is 5.75 Å². The van der Waals surface area contributed by atoms with Crippen LogP contribution in [0.25, 0.3) is 0 Å². The summed E-state index contributed by atoms with van der Waals surface area (Å²) >= 11 is 6.17. The molecule has 0 radical (unpaired) electrons. The molecule has 7 heteroatoms. The van der Waals surface area contributed by atoms with Crippen LogP contribution in [0.1, 0.15) is 27.2 Å². The van der Waals surface area contributed by atoms with Crippen LogP contribution >= 0.6 is 11.6 Å². The van der Waals surface area contributed by atoms with Gasteiger partial charge < -0.3 is 24.8 Å². The van der Waals surface area contributed by atoms with E-state index in [2.05, 4.69) is 10.6 Å². The van der Waals surface area contributed by atoms with Gasteiger partial charge in [0, 0.05) is 19.4 Å². The Morgan fingerprint density at radius 3 is 2.75 bits per heavy atom. The Balaban J connectivity index is 1.88. The zero-order valence-corrected chi connectivity index (χ0v) is 15.2. The third-order valence-electron chi connectivity index (χ3n) is 3.77. The first-order valence-electron chi connectivity index (χ1n) is 8.12. The Bertz CT molecular complexity index is 568. The van der Waals surface area contributed by atoms with E-state index in [9.17, 15) is 4.79 Å². The molecule has 1 aromatic rings. The van der Waals surface area contributed by atoms with E-state index in [1.54, 1.807) is 25.3 Å². The Labute approximate surface area is 147 Å². The van der Waals surface area contributed by atoms with E-state index in [1.807, 2.05) is 20.8 Å². The predicted molar refractivity (Wildman–Crippen MR) is 94.0 cm³/mol. The van der Waals surface area contributed by atoms with Crippen molar-refractivity contribution in [3.05, 3.63) is 23.2 Å². The number of carbonyl (C=O) groups excluding carboxylic acids is 1. The van der Waals surface area contributed by atoms with Crippen LogP contribution in [0.5, 0.6) is 5.75 Å². The SMILES string of the molecule is CCO[C@@H]1C[C@@H](NC(=O)Nc2ccc(OC(C)C)c(Cl)c2)[C@@H]1OC. The smallest absolute Gasteiger partial charge is 0.319 e. The van der Waals surface area contributed by atoms with Gasteiger partial charge in [0.05, 0.1) is 23.3 Å². The molecule has 0 bridgehead atoms. The highest BCUT2D eigenvalue weighted by Crippen LogP contribution is 2.29. The number of halogens is 1. The molecule has 0 heterocycles. The molecule has 0 spiro atoms. The second-order valence-corrected chi connectivity index (χ2v) is 6.35. The Morgan fingerprint density at radius 2 is 2.17 bits per heavy atom. The molecule has 2 rings (SSSR count). The summed E-state index contributed by atoms with van der Waals surface area (Å²) < 4.78 is 16.5. The van der Waals surface area contributed by atoms with Gasteiger partial charge in [-0.15, -0.1) is 0 Å². The van der Waals surface area contributed by atoms with Crippen LogP contribution in [0.4, 0.5) is 10.5 Å². The fraction of sp³-hybridized carbons (Fsp3) is 0.588. The summed E-state index contributed by atoms with van der Waals surface area (Å²) in [6.07, 6.45) is 0.683. The van der Waals surface area contributed by atoms with Gasteiger partial charge in [-0.25, -0.2) is 4.79 Å². The van der Waals surface area contributed by atoms with Crippen molar-refractivity contribution >= 4 is 23.3 Å². The molecule has 134 valence electrons. The summed E-state index contributed by atoms with van der Waals surface area (Å²) in [7, 11) is 1.62. The number of amides is 2. The maximum atomic E-state index is 12.1. The topological polar surface area (TPSA) is 68.8 Å². The molecule has 1 aromatic carbocycles. The minimum Gasteiger partial charge on any atom is -0.489 e. The first-order valence-corrected chi connectivity index (χ1v) is 8.50. The highest BCUT2D eigenvalue weighted by atomic mass is 35.5. The molecule has 1 saturated carbocycles. The maximum absolute atomic E-state index is 12.1. The third kappa shape index (κ3) is 4.75. The monoisotopic (exact) mass is 356 g/mol. The van der Waals surface area contributed by atoms with E-state index in [1.165, 1.54) is 0 Å². The van der Waals surface area contributed by atoms with Gasteiger partial charge in [0.25, 0.3) is 0 Å². The van der Waals surface area contributed by atoms with E-state index >= 15 is 0 Å². The van der Waals surface area contributed by atoms with Gasteiger partial charge in [0.2, 0.25) is 0 Å². The van der Waals surface area contributed by atoms with Crippen molar-refractivity contribution in [2.24, 2.45) is 0 Å². The number of rotatable bonds is 7. The number of ether oxygens (including phenoxy) is 3. The molecule has 0 unspecified atom stereocenters. The lowest BCUT2D eigenvalue weighted by molar-refractivity contribution is -0.128. The van der Waals surface area contributed by atoms with Crippen molar-refractivity contribution in [1.82, 2.24) is 5.32 Å². The van der Waals surface area contributed by atoms with E-state index in [0.717, 1.165) is 6.42 Å². The molecule has 1 fully saturated rings. The van der Waals surface area contributed by atoms with E-state index in [-0.39, 0.29) is 30.4 Å². The second-order valence-electron chi connectivity index (χ2n) is 5.95. The van der Waals surface area contributed by atoms with Crippen LogP contribution in [0.15, 0.2) is 18.2 Å². The van der Waals surface area contributed by atoms with Crippen molar-refractivity contribution in [1.29, 1.82) is 0 Å². The van der Waals surface area contributed by atoms with Crippen LogP contribution in [-0.2, 0) is 9.47 Å². The van der Waals surface area contributed by atoms with Gasteiger partial charge >= 0.3 is 6.03 Å². The summed E-state index contributed by atoms with van der Waals surface area (Å²) in [4.78, 5) is 12.1. The largest absolute Gasteiger partial charge is 0.489 e. The third-order valence-corrected chi connectivity index (χ3v) is 4.07. The molecule has 1 aliphatic rings. The molecule has 0 aliphatic heterocycles. The zero-order chi connectivity index (χ0) is 17.7. The minimum absolute atomic E-state index is 0.0345. The normalized spacial score (nSPS) is 22.8. The first kappa shape index (κ1) is 18.8. The molecular weight excluding hydrogens is 332 g/mol. The fourth-order valence-corrected chi connectivity index (χ4v) is 2.90. The van der Waals surface area contributed by atoms with Gasteiger partial charge in [0.1, 0.15) is 11.9 Å². The summed E-state index contributed by atoms with van der Waals surface area (Å²) in [5, 5.41) is 6.11. The summed E-state index contributed by atoms with van der Waals surface area (Å²) in [5.74, 6) is 0.593. The van der Waals surface area contributed by atoms with E-state index in [0.29, 0.717) is 23.1 Å². The number of benzene rings is 1. The number of methoxy groups -OCH3 is 1. The Morgan fingerprint density at radius 1 is 1.42 bits per heavy atom. The summed E-state index contributed by atoms with van der Waals surface area (Å²) in [5.41, 5.74) is 0.600. The van der Waals surface area contributed by atoms with Gasteiger partial charge in [-0.05, 0) is 45.4 Å². The molecular formula is C17H25ClN2O4. The molecule has 24 heavy (non-hydrogen) atoms. The lowest BCUT2D eigenvalue weighted by Gasteiger charge is -2.43. The van der Waals surface area contributed by atoms with Gasteiger partial charge in [-0.3, -0.25) is 0 Å². The molecule has 2 N–H and O–H groups in total. The molecule has 3 atom stereocenters. The molecule has 6 nitrogen and oxygen atoms in total. The second kappa shape index (κ2) is 8.55. The zero-order valence-electron chi connectivity index (χ0n) is 14.5. The van der Waals surface area contributed by atoms with Crippen LogP contribution in [-0.4, -0.2) is 44.1 Å². The minimum atomic E-state index is -0.300. The van der Waals surface area contributed by atoms with Crippen molar-refractivity contribution in [2.75, 3.05) is 19.0 Å². The number of nitrogens with one attached hydrogen (secondary N) is 2. The summed E-state index contributed by atoms with van der Waals surface area (Å²) in [6.45, 7) is 6.43. The highest BCUT2D eigenvalue weighted by Gasteiger charge is 2.42.